The highest BCUT2D eigenvalue weighted by molar-refractivity contribution is 7.11. The number of thiazole rings is 1. The molecule has 0 aliphatic rings. The van der Waals surface area contributed by atoms with Gasteiger partial charge in [0, 0.05) is 28.7 Å². The Kier molecular flexibility index (Phi) is 4.75. The molecular formula is C14H17ClN2S. The Morgan fingerprint density at radius 3 is 2.61 bits per heavy atom. The summed E-state index contributed by atoms with van der Waals surface area (Å²) in [5.41, 5.74) is 1.28. The van der Waals surface area contributed by atoms with Gasteiger partial charge in [-0.25, -0.2) is 4.98 Å². The molecule has 2 aromatic rings. The van der Waals surface area contributed by atoms with E-state index in [0.717, 1.165) is 23.0 Å². The SMILES string of the molecule is CCC(NCc1cnc(C)s1)c1ccc(Cl)cc1. The van der Waals surface area contributed by atoms with Crippen LogP contribution in [0.4, 0.5) is 0 Å². The summed E-state index contributed by atoms with van der Waals surface area (Å²) in [7, 11) is 0. The minimum Gasteiger partial charge on any atom is -0.305 e. The molecule has 0 radical (unpaired) electrons. The quantitative estimate of drug-likeness (QED) is 0.881. The zero-order chi connectivity index (χ0) is 13.0. The molecule has 96 valence electrons. The van der Waals surface area contributed by atoms with Gasteiger partial charge >= 0.3 is 0 Å². The van der Waals surface area contributed by atoms with Crippen LogP contribution in [0.5, 0.6) is 0 Å². The molecule has 0 aliphatic heterocycles. The van der Waals surface area contributed by atoms with Gasteiger partial charge < -0.3 is 5.32 Å². The maximum Gasteiger partial charge on any atom is 0.0897 e. The average Bonchev–Trinajstić information content (AvgIpc) is 2.78. The number of nitrogens with one attached hydrogen (secondary N) is 1. The Hall–Kier alpha value is -0.900. The number of benzene rings is 1. The van der Waals surface area contributed by atoms with Gasteiger partial charge in [-0.3, -0.25) is 0 Å². The number of aryl methyl sites for hydroxylation is 1. The molecule has 0 amide bonds. The number of hydrogen-bond acceptors (Lipinski definition) is 3. The van der Waals surface area contributed by atoms with Crippen molar-refractivity contribution in [3.8, 4) is 0 Å². The molecule has 0 saturated carbocycles. The molecule has 0 bridgehead atoms. The second kappa shape index (κ2) is 6.32. The van der Waals surface area contributed by atoms with Crippen LogP contribution >= 0.6 is 22.9 Å². The van der Waals surface area contributed by atoms with E-state index in [1.807, 2.05) is 25.3 Å². The van der Waals surface area contributed by atoms with Crippen molar-refractivity contribution in [1.29, 1.82) is 0 Å². The third-order valence-electron chi connectivity index (χ3n) is 2.87. The summed E-state index contributed by atoms with van der Waals surface area (Å²) >= 11 is 7.65. The Labute approximate surface area is 117 Å². The van der Waals surface area contributed by atoms with Crippen LogP contribution < -0.4 is 5.32 Å². The molecule has 1 atom stereocenters. The van der Waals surface area contributed by atoms with Crippen LogP contribution in [0.2, 0.25) is 5.02 Å². The Balaban J connectivity index is 1.99. The van der Waals surface area contributed by atoms with Crippen molar-refractivity contribution in [3.05, 3.63) is 50.9 Å². The normalized spacial score (nSPS) is 12.6. The van der Waals surface area contributed by atoms with Gasteiger partial charge in [0.2, 0.25) is 0 Å². The van der Waals surface area contributed by atoms with Crippen molar-refractivity contribution in [1.82, 2.24) is 10.3 Å². The van der Waals surface area contributed by atoms with Gasteiger partial charge in [0.25, 0.3) is 0 Å². The minimum atomic E-state index is 0.365. The Morgan fingerprint density at radius 2 is 2.06 bits per heavy atom. The van der Waals surface area contributed by atoms with Crippen molar-refractivity contribution in [2.75, 3.05) is 0 Å². The van der Waals surface area contributed by atoms with Crippen LogP contribution in [0.25, 0.3) is 0 Å². The molecule has 0 aliphatic carbocycles. The summed E-state index contributed by atoms with van der Waals surface area (Å²) in [5, 5.41) is 5.46. The lowest BCUT2D eigenvalue weighted by Gasteiger charge is -2.16. The third kappa shape index (κ3) is 3.55. The van der Waals surface area contributed by atoms with E-state index in [1.54, 1.807) is 11.3 Å². The summed E-state index contributed by atoms with van der Waals surface area (Å²) in [6.45, 7) is 5.08. The highest BCUT2D eigenvalue weighted by Crippen LogP contribution is 2.20. The fraction of sp³-hybridized carbons (Fsp3) is 0.357. The predicted octanol–water partition coefficient (Wildman–Crippen LogP) is 4.35. The Morgan fingerprint density at radius 1 is 1.33 bits per heavy atom. The van der Waals surface area contributed by atoms with Crippen LogP contribution in [-0.2, 0) is 6.54 Å². The van der Waals surface area contributed by atoms with Crippen molar-refractivity contribution in [2.24, 2.45) is 0 Å². The minimum absolute atomic E-state index is 0.365. The second-order valence-corrected chi connectivity index (χ2v) is 5.99. The molecular weight excluding hydrogens is 264 g/mol. The predicted molar refractivity (Wildman–Crippen MR) is 78.2 cm³/mol. The lowest BCUT2D eigenvalue weighted by molar-refractivity contribution is 0.521. The third-order valence-corrected chi connectivity index (χ3v) is 4.04. The number of rotatable bonds is 5. The average molecular weight is 281 g/mol. The van der Waals surface area contributed by atoms with Gasteiger partial charge in [-0.05, 0) is 31.0 Å². The fourth-order valence-electron chi connectivity index (χ4n) is 1.90. The smallest absolute Gasteiger partial charge is 0.0897 e. The molecule has 1 aromatic carbocycles. The summed E-state index contributed by atoms with van der Waals surface area (Å²) < 4.78 is 0. The molecule has 0 spiro atoms. The summed E-state index contributed by atoms with van der Waals surface area (Å²) in [4.78, 5) is 5.54. The van der Waals surface area contributed by atoms with E-state index >= 15 is 0 Å². The molecule has 2 nitrogen and oxygen atoms in total. The number of hydrogen-bond donors (Lipinski definition) is 1. The molecule has 0 saturated heterocycles. The van der Waals surface area contributed by atoms with Crippen LogP contribution in [0.15, 0.2) is 30.5 Å². The zero-order valence-electron chi connectivity index (χ0n) is 10.6. The first kappa shape index (κ1) is 13.5. The molecule has 1 unspecified atom stereocenters. The van der Waals surface area contributed by atoms with E-state index in [0.29, 0.717) is 6.04 Å². The lowest BCUT2D eigenvalue weighted by atomic mass is 10.0. The zero-order valence-corrected chi connectivity index (χ0v) is 12.2. The highest BCUT2D eigenvalue weighted by atomic mass is 35.5. The molecule has 1 N–H and O–H groups in total. The molecule has 1 aromatic heterocycles. The van der Waals surface area contributed by atoms with E-state index in [9.17, 15) is 0 Å². The molecule has 4 heteroatoms. The topological polar surface area (TPSA) is 24.9 Å². The van der Waals surface area contributed by atoms with E-state index in [1.165, 1.54) is 10.4 Å². The fourth-order valence-corrected chi connectivity index (χ4v) is 2.78. The van der Waals surface area contributed by atoms with Crippen LogP contribution in [0.1, 0.15) is 34.8 Å². The monoisotopic (exact) mass is 280 g/mol. The first-order valence-corrected chi connectivity index (χ1v) is 7.28. The summed E-state index contributed by atoms with van der Waals surface area (Å²) in [6, 6.07) is 8.42. The van der Waals surface area contributed by atoms with Crippen LogP contribution in [0, 0.1) is 6.92 Å². The van der Waals surface area contributed by atoms with Crippen molar-refractivity contribution in [2.45, 2.75) is 32.9 Å². The van der Waals surface area contributed by atoms with Gasteiger partial charge in [0.1, 0.15) is 0 Å². The van der Waals surface area contributed by atoms with Crippen molar-refractivity contribution in [3.63, 3.8) is 0 Å². The molecule has 18 heavy (non-hydrogen) atoms. The second-order valence-electron chi connectivity index (χ2n) is 4.24. The molecule has 2 rings (SSSR count). The standard InChI is InChI=1S/C14H17ClN2S/c1-3-14(11-4-6-12(15)7-5-11)17-9-13-8-16-10(2)18-13/h4-8,14,17H,3,9H2,1-2H3. The lowest BCUT2D eigenvalue weighted by Crippen LogP contribution is -2.19. The van der Waals surface area contributed by atoms with E-state index < -0.39 is 0 Å². The first-order chi connectivity index (χ1) is 8.69. The Bertz CT molecular complexity index is 493. The van der Waals surface area contributed by atoms with E-state index in [2.05, 4.69) is 29.4 Å². The van der Waals surface area contributed by atoms with E-state index in [-0.39, 0.29) is 0 Å². The van der Waals surface area contributed by atoms with Crippen molar-refractivity contribution < 1.29 is 0 Å². The van der Waals surface area contributed by atoms with Gasteiger partial charge in [0.05, 0.1) is 5.01 Å². The number of aromatic nitrogens is 1. The number of nitrogens with zero attached hydrogens (tertiary/aromatic N) is 1. The van der Waals surface area contributed by atoms with Crippen LogP contribution in [0.3, 0.4) is 0 Å². The van der Waals surface area contributed by atoms with Crippen molar-refractivity contribution >= 4 is 22.9 Å². The summed E-state index contributed by atoms with van der Waals surface area (Å²) in [6.07, 6.45) is 3.00. The highest BCUT2D eigenvalue weighted by Gasteiger charge is 2.09. The maximum absolute atomic E-state index is 5.91. The largest absolute Gasteiger partial charge is 0.305 e. The molecule has 0 fully saturated rings. The maximum atomic E-state index is 5.91. The van der Waals surface area contributed by atoms with Gasteiger partial charge in [-0.2, -0.15) is 0 Å². The van der Waals surface area contributed by atoms with Crippen LogP contribution in [-0.4, -0.2) is 4.98 Å². The van der Waals surface area contributed by atoms with Gasteiger partial charge in [-0.1, -0.05) is 30.7 Å². The van der Waals surface area contributed by atoms with Gasteiger partial charge in [-0.15, -0.1) is 11.3 Å². The first-order valence-electron chi connectivity index (χ1n) is 6.09. The van der Waals surface area contributed by atoms with Gasteiger partial charge in [0.15, 0.2) is 0 Å². The summed E-state index contributed by atoms with van der Waals surface area (Å²) in [5.74, 6) is 0. The molecule has 1 heterocycles. The van der Waals surface area contributed by atoms with E-state index in [4.69, 9.17) is 11.6 Å². The number of halogens is 1.